The zero-order chi connectivity index (χ0) is 76.0. The highest BCUT2D eigenvalue weighted by Gasteiger charge is 2.38. The Morgan fingerprint density at radius 2 is 0.624 bits per heavy atom. The molecule has 0 spiro atoms. The fourth-order valence-corrected chi connectivity index (χ4v) is 15.3. The quantitative estimate of drug-likeness (QED) is 0.0323. The van der Waals surface area contributed by atoms with E-state index in [1.54, 1.807) is 29.4 Å². The summed E-state index contributed by atoms with van der Waals surface area (Å²) in [7, 11) is -3.75. The Kier molecular flexibility index (Phi) is 24.3. The van der Waals surface area contributed by atoms with Gasteiger partial charge in [0.1, 0.15) is 0 Å². The van der Waals surface area contributed by atoms with Crippen LogP contribution in [0.1, 0.15) is 117 Å². The van der Waals surface area contributed by atoms with Gasteiger partial charge in [-0.3, -0.25) is 44.6 Å². The number of benzene rings is 7. The first-order valence-corrected chi connectivity index (χ1v) is 38.3. The first-order chi connectivity index (χ1) is 53.1. The van der Waals surface area contributed by atoms with Gasteiger partial charge in [0.2, 0.25) is 33.7 Å². The number of rotatable bonds is 21. The Hall–Kier alpha value is -11.6. The standard InChI is InChI=1S/C21H21ClN4O.C21H23N5O3S.C21H22N4O.C20H21N5O/c22-16-8-6-15(7-9-16)20-18-12-26(13-19(18)24-25-20)21(27)17(10-11-23)14-4-2-1-3-5-14;22-11-10-17(14-4-2-1-3-5-14)21(27)26-12-18-19(13-26)24-25-20(18)15-6-8-16(9-7-15)30(23,28)29;22-12-11-17(15-7-3-1-4-8-15)21(26)25-13-18-19(14-25)23-24-20(18)16-9-5-2-6-10-16;21-9-8-16(14-5-2-1-3-6-14)20(26)25-12-17-18(13-25)23-24-19(17)15-7-4-10-22-11-15/h1-9,17H,10-13,23H2,(H,24,25);1-9,17H,10-13,22H2,(H,24,25)(H2,23,28,29);1-10,17H,11-14,22H2,(H,23,24);1-7,10-11,16H,8-9,12-13,21H2,(H,23,24). The summed E-state index contributed by atoms with van der Waals surface area (Å²) in [5, 5.41) is 35.8. The van der Waals surface area contributed by atoms with Crippen molar-refractivity contribution in [3.8, 4) is 45.0 Å². The van der Waals surface area contributed by atoms with E-state index in [1.807, 2.05) is 203 Å². The average molecular weight is 1500 g/mol. The molecule has 0 saturated carbocycles. The van der Waals surface area contributed by atoms with Crippen LogP contribution in [-0.4, -0.2) is 124 Å². The average Bonchev–Trinajstić information content (AvgIpc) is 1.65. The van der Waals surface area contributed by atoms with Gasteiger partial charge < -0.3 is 42.5 Å². The second kappa shape index (κ2) is 35.0. The minimum absolute atomic E-state index is 0.0340. The van der Waals surface area contributed by atoms with Gasteiger partial charge >= 0.3 is 0 Å². The third kappa shape index (κ3) is 17.4. The van der Waals surface area contributed by atoms with Crippen LogP contribution in [0, 0.1) is 0 Å². The Morgan fingerprint density at radius 3 is 0.899 bits per heavy atom. The van der Waals surface area contributed by atoms with Crippen LogP contribution < -0.4 is 28.1 Å². The summed E-state index contributed by atoms with van der Waals surface area (Å²) in [4.78, 5) is 64.5. The van der Waals surface area contributed by atoms with Crippen molar-refractivity contribution in [1.29, 1.82) is 0 Å². The molecule has 0 fully saturated rings. The number of aromatic amines is 4. The summed E-state index contributed by atoms with van der Waals surface area (Å²) in [6, 6.07) is 67.1. The van der Waals surface area contributed by atoms with Gasteiger partial charge in [-0.1, -0.05) is 188 Å². The molecule has 0 aliphatic carbocycles. The Balaban J connectivity index is 0.000000128. The van der Waals surface area contributed by atoms with Crippen LogP contribution in [0.15, 0.2) is 230 Å². The van der Waals surface area contributed by atoms with Gasteiger partial charge in [0.05, 0.1) is 126 Å². The predicted octanol–water partition coefficient (Wildman–Crippen LogP) is 10.9. The van der Waals surface area contributed by atoms with Crippen molar-refractivity contribution >= 4 is 45.3 Å². The molecule has 4 amide bonds. The molecule has 5 aromatic heterocycles. The monoisotopic (exact) mass is 1500 g/mol. The molecule has 12 aromatic rings. The summed E-state index contributed by atoms with van der Waals surface area (Å²) >= 11 is 5.99. The van der Waals surface area contributed by atoms with E-state index in [-0.39, 0.29) is 52.2 Å². The number of sulfonamides is 1. The van der Waals surface area contributed by atoms with Crippen LogP contribution in [0.4, 0.5) is 0 Å². The number of carbonyl (C=O) groups excluding carboxylic acids is 4. The lowest BCUT2D eigenvalue weighted by Crippen LogP contribution is -2.32. The third-order valence-corrected chi connectivity index (χ3v) is 21.4. The number of nitrogens with two attached hydrogens (primary N) is 5. The lowest BCUT2D eigenvalue weighted by Gasteiger charge is -2.23. The normalized spacial score (nSPS) is 14.3. The number of aromatic nitrogens is 9. The fourth-order valence-electron chi connectivity index (χ4n) is 14.7. The van der Waals surface area contributed by atoms with Crippen molar-refractivity contribution in [2.75, 3.05) is 26.2 Å². The number of hydrogen-bond acceptors (Lipinski definition) is 15. The Morgan fingerprint density at radius 1 is 0.358 bits per heavy atom. The van der Waals surface area contributed by atoms with Gasteiger partial charge in [0.25, 0.3) is 0 Å². The van der Waals surface area contributed by atoms with Crippen molar-refractivity contribution in [1.82, 2.24) is 65.4 Å². The third-order valence-electron chi connectivity index (χ3n) is 20.2. The summed E-state index contributed by atoms with van der Waals surface area (Å²) in [5.41, 5.74) is 42.4. The first-order valence-electron chi connectivity index (χ1n) is 36.4. The van der Waals surface area contributed by atoms with Crippen LogP contribution in [0.5, 0.6) is 0 Å². The summed E-state index contributed by atoms with van der Waals surface area (Å²) < 4.78 is 22.9. The van der Waals surface area contributed by atoms with Gasteiger partial charge in [-0.25, -0.2) is 13.6 Å². The molecule has 0 bridgehead atoms. The molecule has 109 heavy (non-hydrogen) atoms. The van der Waals surface area contributed by atoms with Crippen molar-refractivity contribution in [2.45, 2.75) is 107 Å². The fraction of sp³-hybridized carbons (Fsp3) is 0.241. The van der Waals surface area contributed by atoms with E-state index < -0.39 is 10.0 Å². The lowest BCUT2D eigenvalue weighted by molar-refractivity contribution is -0.134. The zero-order valence-corrected chi connectivity index (χ0v) is 61.7. The number of hydrogen-bond donors (Lipinski definition) is 9. The topological polar surface area (TPSA) is 373 Å². The van der Waals surface area contributed by atoms with E-state index in [4.69, 9.17) is 39.7 Å². The summed E-state index contributed by atoms with van der Waals surface area (Å²) in [6.45, 7) is 6.11. The van der Waals surface area contributed by atoms with Crippen molar-refractivity contribution in [3.63, 3.8) is 0 Å². The molecule has 0 saturated heterocycles. The lowest BCUT2D eigenvalue weighted by atomic mass is 9.94. The molecular formula is C83H87ClN18O6S. The van der Waals surface area contributed by atoms with Crippen molar-refractivity contribution in [3.05, 3.63) is 297 Å². The maximum atomic E-state index is 13.3. The van der Waals surface area contributed by atoms with Gasteiger partial charge in [-0.05, 0) is 111 Å². The molecular weight excluding hydrogens is 1410 g/mol. The maximum Gasteiger partial charge on any atom is 0.238 e. The molecule has 0 radical (unpaired) electrons. The number of H-pyrrole nitrogens is 4. The van der Waals surface area contributed by atoms with Crippen molar-refractivity contribution in [2.24, 2.45) is 28.1 Å². The van der Waals surface area contributed by atoms with E-state index in [9.17, 15) is 27.6 Å². The number of carbonyl (C=O) groups is 4. The summed E-state index contributed by atoms with van der Waals surface area (Å²) in [6.07, 6.45) is 6.03. The van der Waals surface area contributed by atoms with Crippen LogP contribution in [0.3, 0.4) is 0 Å². The van der Waals surface area contributed by atoms with E-state index >= 15 is 0 Å². The zero-order valence-electron chi connectivity index (χ0n) is 60.1. The number of fused-ring (bicyclic) bond motifs is 4. The van der Waals surface area contributed by atoms with Gasteiger partial charge in [-0.2, -0.15) is 20.4 Å². The number of pyridine rings is 1. The number of halogens is 1. The van der Waals surface area contributed by atoms with E-state index in [1.165, 1.54) is 12.1 Å². The predicted molar refractivity (Wildman–Crippen MR) is 419 cm³/mol. The molecule has 7 aromatic carbocycles. The van der Waals surface area contributed by atoms with E-state index in [2.05, 4.69) is 45.8 Å². The number of primary sulfonamides is 1. The van der Waals surface area contributed by atoms with Crippen LogP contribution >= 0.6 is 11.6 Å². The highest BCUT2D eigenvalue weighted by atomic mass is 35.5. The summed E-state index contributed by atoms with van der Waals surface area (Å²) in [5.74, 6) is -0.519. The Bertz CT molecular complexity index is 5020. The first kappa shape index (κ1) is 75.7. The molecule has 26 heteroatoms. The maximum absolute atomic E-state index is 13.3. The molecule has 4 aliphatic heterocycles. The van der Waals surface area contributed by atoms with Gasteiger partial charge in [0.15, 0.2) is 0 Å². The number of nitrogens with one attached hydrogen (secondary N) is 4. The molecule has 4 atom stereocenters. The molecule has 16 rings (SSSR count). The molecule has 14 N–H and O–H groups in total. The minimum atomic E-state index is -3.75. The van der Waals surface area contributed by atoms with Crippen molar-refractivity contribution < 1.29 is 27.6 Å². The largest absolute Gasteiger partial charge is 0.332 e. The van der Waals surface area contributed by atoms with E-state index in [0.29, 0.717) is 115 Å². The molecule has 4 unspecified atom stereocenters. The number of amides is 4. The molecule has 4 aliphatic rings. The second-order valence-corrected chi connectivity index (χ2v) is 29.2. The van der Waals surface area contributed by atoms with Gasteiger partial charge in [0, 0.05) is 61.9 Å². The molecule has 558 valence electrons. The molecule has 24 nitrogen and oxygen atoms in total. The second-order valence-electron chi connectivity index (χ2n) is 27.2. The number of nitrogens with zero attached hydrogens (tertiary/aromatic N) is 9. The van der Waals surface area contributed by atoms with E-state index in [0.717, 1.165) is 107 Å². The molecule has 9 heterocycles. The minimum Gasteiger partial charge on any atom is -0.332 e. The van der Waals surface area contributed by atoms with Crippen LogP contribution in [0.25, 0.3) is 45.0 Å². The SMILES string of the molecule is NCCC(C(=O)N1Cc2[nH]nc(-c3ccc(Cl)cc3)c2C1)c1ccccc1.NCCC(C(=O)N1Cc2[nH]nc(-c3ccc(S(N)(=O)=O)cc3)c2C1)c1ccccc1.NCCC(C(=O)N1Cc2[nH]nc(-c3ccccc3)c2C1)c1ccccc1.NCCC(C(=O)N1Cc2[nH]nc(-c3cccnc3)c2C1)c1ccccc1. The Labute approximate surface area is 637 Å². The highest BCUT2D eigenvalue weighted by Crippen LogP contribution is 2.39. The highest BCUT2D eigenvalue weighted by molar-refractivity contribution is 7.89. The smallest absolute Gasteiger partial charge is 0.238 e. The van der Waals surface area contributed by atoms with Crippen LogP contribution in [0.2, 0.25) is 5.02 Å². The van der Waals surface area contributed by atoms with Crippen LogP contribution in [-0.2, 0) is 81.6 Å². The van der Waals surface area contributed by atoms with Gasteiger partial charge in [-0.15, -0.1) is 0 Å².